The Hall–Kier alpha value is -2.54. The SMILES string of the molecule is CC(=O)N1CCC(c2cc(Cc3cc(C)ccn3)nc(N3CCOCC3)n2)CC1. The van der Waals surface area contributed by atoms with Gasteiger partial charge in [-0.05, 0) is 43.5 Å². The van der Waals surface area contributed by atoms with E-state index in [1.807, 2.05) is 17.2 Å². The minimum atomic E-state index is 0.159. The van der Waals surface area contributed by atoms with Gasteiger partial charge in [-0.25, -0.2) is 9.97 Å². The monoisotopic (exact) mass is 395 g/mol. The molecule has 29 heavy (non-hydrogen) atoms. The number of likely N-dealkylation sites (tertiary alicyclic amines) is 1. The van der Waals surface area contributed by atoms with Crippen LogP contribution in [0.25, 0.3) is 0 Å². The molecule has 2 saturated heterocycles. The zero-order valence-corrected chi connectivity index (χ0v) is 17.3. The number of aryl methyl sites for hydroxylation is 1. The molecule has 4 heterocycles. The highest BCUT2D eigenvalue weighted by Gasteiger charge is 2.25. The third kappa shape index (κ3) is 4.90. The van der Waals surface area contributed by atoms with Gasteiger partial charge in [-0.15, -0.1) is 0 Å². The number of carbonyl (C=O) groups excluding carboxylic acids is 1. The van der Waals surface area contributed by atoms with E-state index >= 15 is 0 Å². The van der Waals surface area contributed by atoms with Gasteiger partial charge < -0.3 is 14.5 Å². The Morgan fingerprint density at radius 3 is 2.55 bits per heavy atom. The molecule has 0 bridgehead atoms. The van der Waals surface area contributed by atoms with Crippen LogP contribution < -0.4 is 4.90 Å². The van der Waals surface area contributed by atoms with Crippen molar-refractivity contribution in [2.24, 2.45) is 0 Å². The van der Waals surface area contributed by atoms with Gasteiger partial charge in [0.25, 0.3) is 0 Å². The first kappa shape index (κ1) is 19.8. The minimum Gasteiger partial charge on any atom is -0.378 e. The largest absolute Gasteiger partial charge is 0.378 e. The van der Waals surface area contributed by atoms with Crippen molar-refractivity contribution in [3.63, 3.8) is 0 Å². The normalized spacial score (nSPS) is 18.1. The smallest absolute Gasteiger partial charge is 0.225 e. The molecule has 7 nitrogen and oxygen atoms in total. The van der Waals surface area contributed by atoms with Crippen molar-refractivity contribution >= 4 is 11.9 Å². The van der Waals surface area contributed by atoms with Crippen molar-refractivity contribution in [1.82, 2.24) is 19.9 Å². The number of ether oxygens (including phenoxy) is 1. The molecule has 0 aliphatic carbocycles. The van der Waals surface area contributed by atoms with Gasteiger partial charge in [0.2, 0.25) is 11.9 Å². The van der Waals surface area contributed by atoms with E-state index in [1.165, 1.54) is 5.56 Å². The molecule has 0 atom stereocenters. The predicted molar refractivity (Wildman–Crippen MR) is 111 cm³/mol. The van der Waals surface area contributed by atoms with Crippen LogP contribution in [0.2, 0.25) is 0 Å². The molecule has 1 amide bonds. The maximum absolute atomic E-state index is 11.7. The number of pyridine rings is 1. The molecule has 2 aromatic rings. The van der Waals surface area contributed by atoms with E-state index in [0.29, 0.717) is 25.6 Å². The third-order valence-corrected chi connectivity index (χ3v) is 5.77. The number of hydrogen-bond acceptors (Lipinski definition) is 6. The molecule has 0 aromatic carbocycles. The molecule has 2 aromatic heterocycles. The summed E-state index contributed by atoms with van der Waals surface area (Å²) in [6.07, 6.45) is 4.44. The number of amides is 1. The van der Waals surface area contributed by atoms with E-state index < -0.39 is 0 Å². The number of morpholine rings is 1. The fourth-order valence-electron chi connectivity index (χ4n) is 4.08. The lowest BCUT2D eigenvalue weighted by atomic mass is 9.92. The van der Waals surface area contributed by atoms with Gasteiger partial charge in [-0.3, -0.25) is 9.78 Å². The second kappa shape index (κ2) is 8.86. The first-order valence-electron chi connectivity index (χ1n) is 10.5. The molecule has 7 heteroatoms. The minimum absolute atomic E-state index is 0.159. The zero-order valence-electron chi connectivity index (χ0n) is 17.3. The summed E-state index contributed by atoms with van der Waals surface area (Å²) in [5.74, 6) is 1.31. The van der Waals surface area contributed by atoms with Gasteiger partial charge in [0.15, 0.2) is 0 Å². The second-order valence-corrected chi connectivity index (χ2v) is 7.97. The van der Waals surface area contributed by atoms with Crippen LogP contribution in [0, 0.1) is 6.92 Å². The van der Waals surface area contributed by atoms with Gasteiger partial charge in [-0.2, -0.15) is 0 Å². The van der Waals surface area contributed by atoms with Gasteiger partial charge >= 0.3 is 0 Å². The molecule has 2 fully saturated rings. The summed E-state index contributed by atoms with van der Waals surface area (Å²) in [6.45, 7) is 8.37. The number of aromatic nitrogens is 3. The molecule has 0 radical (unpaired) electrons. The van der Waals surface area contributed by atoms with Crippen molar-refractivity contribution in [3.8, 4) is 0 Å². The van der Waals surface area contributed by atoms with E-state index in [-0.39, 0.29) is 5.91 Å². The lowest BCUT2D eigenvalue weighted by molar-refractivity contribution is -0.129. The first-order valence-corrected chi connectivity index (χ1v) is 10.5. The summed E-state index contributed by atoms with van der Waals surface area (Å²) in [6, 6.07) is 6.26. The highest BCUT2D eigenvalue weighted by Crippen LogP contribution is 2.29. The maximum atomic E-state index is 11.7. The number of nitrogens with zero attached hydrogens (tertiary/aromatic N) is 5. The number of piperidine rings is 1. The predicted octanol–water partition coefficient (Wildman–Crippen LogP) is 2.33. The van der Waals surface area contributed by atoms with Crippen LogP contribution in [0.15, 0.2) is 24.4 Å². The topological polar surface area (TPSA) is 71.5 Å². The van der Waals surface area contributed by atoms with Gasteiger partial charge in [0.05, 0.1) is 18.9 Å². The highest BCUT2D eigenvalue weighted by molar-refractivity contribution is 5.73. The Balaban J connectivity index is 1.60. The number of rotatable bonds is 4. The van der Waals surface area contributed by atoms with E-state index in [0.717, 1.165) is 62.1 Å². The summed E-state index contributed by atoms with van der Waals surface area (Å²) in [5.41, 5.74) is 4.32. The average Bonchev–Trinajstić information content (AvgIpc) is 2.74. The molecule has 0 unspecified atom stereocenters. The molecule has 154 valence electrons. The summed E-state index contributed by atoms with van der Waals surface area (Å²) < 4.78 is 5.50. The lowest BCUT2D eigenvalue weighted by Crippen LogP contribution is -2.38. The van der Waals surface area contributed by atoms with Crippen LogP contribution in [-0.2, 0) is 16.0 Å². The number of carbonyl (C=O) groups is 1. The Bertz CT molecular complexity index is 858. The second-order valence-electron chi connectivity index (χ2n) is 7.97. The quantitative estimate of drug-likeness (QED) is 0.791. The number of hydrogen-bond donors (Lipinski definition) is 0. The van der Waals surface area contributed by atoms with Gasteiger partial charge in [-0.1, -0.05) is 0 Å². The third-order valence-electron chi connectivity index (χ3n) is 5.77. The molecule has 0 N–H and O–H groups in total. The maximum Gasteiger partial charge on any atom is 0.225 e. The standard InChI is InChI=1S/C22H29N5O2/c1-16-3-6-23-19(13-16)14-20-15-21(18-4-7-26(8-5-18)17(2)28)25-22(24-20)27-9-11-29-12-10-27/h3,6,13,15,18H,4-5,7-12,14H2,1-2H3. The van der Waals surface area contributed by atoms with Gasteiger partial charge in [0.1, 0.15) is 0 Å². The molecular formula is C22H29N5O2. The first-order chi connectivity index (χ1) is 14.1. The molecule has 2 aliphatic rings. The van der Waals surface area contributed by atoms with Crippen molar-refractivity contribution in [2.45, 2.75) is 39.0 Å². The Morgan fingerprint density at radius 2 is 1.86 bits per heavy atom. The van der Waals surface area contributed by atoms with Crippen LogP contribution in [-0.4, -0.2) is 65.2 Å². The van der Waals surface area contributed by atoms with Crippen molar-refractivity contribution < 1.29 is 9.53 Å². The van der Waals surface area contributed by atoms with Crippen molar-refractivity contribution in [2.75, 3.05) is 44.3 Å². The average molecular weight is 396 g/mol. The van der Waals surface area contributed by atoms with E-state index in [2.05, 4.69) is 28.9 Å². The van der Waals surface area contributed by atoms with Crippen LogP contribution in [0.4, 0.5) is 5.95 Å². The number of anilines is 1. The highest BCUT2D eigenvalue weighted by atomic mass is 16.5. The molecular weight excluding hydrogens is 366 g/mol. The van der Waals surface area contributed by atoms with Crippen LogP contribution in [0.1, 0.15) is 48.3 Å². The molecule has 0 spiro atoms. The van der Waals surface area contributed by atoms with Crippen LogP contribution >= 0.6 is 0 Å². The van der Waals surface area contributed by atoms with Crippen LogP contribution in [0.3, 0.4) is 0 Å². The van der Waals surface area contributed by atoms with Crippen LogP contribution in [0.5, 0.6) is 0 Å². The summed E-state index contributed by atoms with van der Waals surface area (Å²) in [7, 11) is 0. The van der Waals surface area contributed by atoms with E-state index in [4.69, 9.17) is 14.7 Å². The Kier molecular flexibility index (Phi) is 6.04. The Morgan fingerprint density at radius 1 is 1.10 bits per heavy atom. The van der Waals surface area contributed by atoms with E-state index in [1.54, 1.807) is 6.92 Å². The Labute approximate surface area is 172 Å². The fourth-order valence-corrected chi connectivity index (χ4v) is 4.08. The molecule has 0 saturated carbocycles. The lowest BCUT2D eigenvalue weighted by Gasteiger charge is -2.32. The summed E-state index contributed by atoms with van der Waals surface area (Å²) in [5, 5.41) is 0. The fraction of sp³-hybridized carbons (Fsp3) is 0.545. The molecule has 2 aliphatic heterocycles. The zero-order chi connectivity index (χ0) is 20.2. The summed E-state index contributed by atoms with van der Waals surface area (Å²) in [4.78, 5) is 30.1. The van der Waals surface area contributed by atoms with E-state index in [9.17, 15) is 4.79 Å². The van der Waals surface area contributed by atoms with Gasteiger partial charge in [0, 0.05) is 63.0 Å². The van der Waals surface area contributed by atoms with Crippen molar-refractivity contribution in [3.05, 3.63) is 47.0 Å². The van der Waals surface area contributed by atoms with Crippen molar-refractivity contribution in [1.29, 1.82) is 0 Å². The molecule has 4 rings (SSSR count). The summed E-state index contributed by atoms with van der Waals surface area (Å²) >= 11 is 0.